The molecule has 0 spiro atoms. The molecule has 5 rings (SSSR count). The van der Waals surface area contributed by atoms with Crippen LogP contribution in [0.5, 0.6) is 5.75 Å². The van der Waals surface area contributed by atoms with Crippen LogP contribution < -0.4 is 10.5 Å². The first-order valence-electron chi connectivity index (χ1n) is 10.9. The lowest BCUT2D eigenvalue weighted by atomic mass is 9.80. The fraction of sp³-hybridized carbons (Fsp3) is 0.269. The van der Waals surface area contributed by atoms with Gasteiger partial charge in [0.2, 0.25) is 0 Å². The molecule has 3 heterocycles. The molecule has 3 aromatic rings. The molecule has 0 saturated heterocycles. The number of likely N-dealkylation sites (N-methyl/N-ethyl adjacent to an activating group) is 1. The Morgan fingerprint density at radius 2 is 1.88 bits per heavy atom. The van der Waals surface area contributed by atoms with Crippen LogP contribution in [-0.2, 0) is 16.8 Å². The molecule has 2 aliphatic rings. The molecular formula is C26H25FN4O2. The largest absolute Gasteiger partial charge is 0.488 e. The Bertz CT molecular complexity index is 1290. The minimum absolute atomic E-state index is 0.113. The lowest BCUT2D eigenvalue weighted by molar-refractivity contribution is -0.129. The quantitative estimate of drug-likeness (QED) is 0.662. The summed E-state index contributed by atoms with van der Waals surface area (Å²) in [4.78, 5) is 23.7. The molecule has 0 bridgehead atoms. The molecule has 0 radical (unpaired) electrons. The van der Waals surface area contributed by atoms with Crippen LogP contribution in [0.4, 0.5) is 4.39 Å². The number of nitrogens with two attached hydrogens (primary N) is 1. The number of aryl methyl sites for hydroxylation is 1. The van der Waals surface area contributed by atoms with Crippen molar-refractivity contribution >= 4 is 11.9 Å². The van der Waals surface area contributed by atoms with Crippen molar-refractivity contribution in [1.82, 2.24) is 9.88 Å². The Hall–Kier alpha value is -3.74. The molecule has 1 amide bonds. The van der Waals surface area contributed by atoms with Crippen molar-refractivity contribution in [2.45, 2.75) is 37.8 Å². The number of fused-ring (bicyclic) bond motifs is 1. The molecule has 2 aromatic carbocycles. The minimum atomic E-state index is -1.41. The first kappa shape index (κ1) is 21.1. The normalized spacial score (nSPS) is 21.4. The number of hydrogen-bond acceptors (Lipinski definition) is 5. The molecule has 0 saturated carbocycles. The SMILES string of the molecule is CN1C(=O)C(c2ccc3c(c2)CCC(C)(C)O3)(c2ccc(F)c(-c3cccnc3)c2)N=C1N. The summed E-state index contributed by atoms with van der Waals surface area (Å²) in [7, 11) is 1.60. The number of rotatable bonds is 3. The van der Waals surface area contributed by atoms with Crippen LogP contribution in [0, 0.1) is 5.82 Å². The Morgan fingerprint density at radius 1 is 1.12 bits per heavy atom. The van der Waals surface area contributed by atoms with Crippen LogP contribution in [0.15, 0.2) is 65.9 Å². The molecule has 1 aromatic heterocycles. The van der Waals surface area contributed by atoms with E-state index in [4.69, 9.17) is 10.5 Å². The van der Waals surface area contributed by atoms with Crippen molar-refractivity contribution in [3.05, 3.63) is 83.4 Å². The number of pyridine rings is 1. The molecule has 0 fully saturated rings. The molecule has 1 unspecified atom stereocenters. The summed E-state index contributed by atoms with van der Waals surface area (Å²) in [5.41, 5.74) is 7.65. The zero-order valence-electron chi connectivity index (χ0n) is 18.8. The number of amides is 1. The van der Waals surface area contributed by atoms with Gasteiger partial charge in [0.1, 0.15) is 17.2 Å². The summed E-state index contributed by atoms with van der Waals surface area (Å²) < 4.78 is 20.9. The Morgan fingerprint density at radius 3 is 2.58 bits per heavy atom. The van der Waals surface area contributed by atoms with Gasteiger partial charge >= 0.3 is 0 Å². The van der Waals surface area contributed by atoms with Crippen molar-refractivity contribution in [3.63, 3.8) is 0 Å². The van der Waals surface area contributed by atoms with E-state index in [0.29, 0.717) is 22.3 Å². The second-order valence-electron chi connectivity index (χ2n) is 9.17. The first-order valence-corrected chi connectivity index (χ1v) is 10.9. The van der Waals surface area contributed by atoms with Gasteiger partial charge in [-0.25, -0.2) is 9.38 Å². The number of halogens is 1. The second kappa shape index (κ2) is 7.40. The van der Waals surface area contributed by atoms with Crippen LogP contribution in [0.2, 0.25) is 0 Å². The highest BCUT2D eigenvalue weighted by molar-refractivity contribution is 6.09. The summed E-state index contributed by atoms with van der Waals surface area (Å²) in [6.07, 6.45) is 4.90. The summed E-state index contributed by atoms with van der Waals surface area (Å²) >= 11 is 0. The highest BCUT2D eigenvalue weighted by Crippen LogP contribution is 2.43. The van der Waals surface area contributed by atoms with E-state index in [1.807, 2.05) is 18.2 Å². The number of ether oxygens (including phenoxy) is 1. The van der Waals surface area contributed by atoms with E-state index in [2.05, 4.69) is 23.8 Å². The van der Waals surface area contributed by atoms with Crippen LogP contribution in [0.25, 0.3) is 11.1 Å². The summed E-state index contributed by atoms with van der Waals surface area (Å²) in [6.45, 7) is 4.12. The molecule has 2 N–H and O–H groups in total. The van der Waals surface area contributed by atoms with Gasteiger partial charge in [-0.05, 0) is 73.7 Å². The molecule has 33 heavy (non-hydrogen) atoms. The molecule has 7 heteroatoms. The van der Waals surface area contributed by atoms with Gasteiger partial charge in [-0.2, -0.15) is 0 Å². The highest BCUT2D eigenvalue weighted by Gasteiger charge is 2.50. The molecule has 6 nitrogen and oxygen atoms in total. The van der Waals surface area contributed by atoms with Crippen LogP contribution in [0.3, 0.4) is 0 Å². The zero-order valence-corrected chi connectivity index (χ0v) is 18.8. The number of guanidine groups is 1. The number of carbonyl (C=O) groups excluding carboxylic acids is 1. The summed E-state index contributed by atoms with van der Waals surface area (Å²) in [5, 5.41) is 0. The Balaban J connectivity index is 1.70. The van der Waals surface area contributed by atoms with E-state index in [9.17, 15) is 9.18 Å². The van der Waals surface area contributed by atoms with Crippen LogP contribution in [0.1, 0.15) is 37.0 Å². The summed E-state index contributed by atoms with van der Waals surface area (Å²) in [6, 6.07) is 13.8. The van der Waals surface area contributed by atoms with Gasteiger partial charge in [0.05, 0.1) is 0 Å². The maximum absolute atomic E-state index is 14.8. The zero-order chi connectivity index (χ0) is 23.4. The number of benzene rings is 2. The number of nitrogens with zero attached hydrogens (tertiary/aromatic N) is 3. The Labute approximate surface area is 191 Å². The monoisotopic (exact) mass is 444 g/mol. The van der Waals surface area contributed by atoms with E-state index in [1.165, 1.54) is 11.0 Å². The van der Waals surface area contributed by atoms with Crippen molar-refractivity contribution in [3.8, 4) is 16.9 Å². The second-order valence-corrected chi connectivity index (χ2v) is 9.17. The predicted octanol–water partition coefficient (Wildman–Crippen LogP) is 4.02. The number of aliphatic imine (C=N–C) groups is 1. The average Bonchev–Trinajstić information content (AvgIpc) is 3.04. The van der Waals surface area contributed by atoms with Crippen molar-refractivity contribution < 1.29 is 13.9 Å². The van der Waals surface area contributed by atoms with Gasteiger partial charge in [0.25, 0.3) is 5.91 Å². The predicted molar refractivity (Wildman–Crippen MR) is 124 cm³/mol. The third kappa shape index (κ3) is 3.35. The van der Waals surface area contributed by atoms with Gasteiger partial charge in [0.15, 0.2) is 11.5 Å². The van der Waals surface area contributed by atoms with E-state index >= 15 is 0 Å². The molecule has 168 valence electrons. The number of carbonyl (C=O) groups is 1. The molecular weight excluding hydrogens is 419 g/mol. The lowest BCUT2D eigenvalue weighted by Crippen LogP contribution is -2.41. The molecule has 2 aliphatic heterocycles. The Kier molecular flexibility index (Phi) is 4.74. The van der Waals surface area contributed by atoms with Crippen molar-refractivity contribution in [1.29, 1.82) is 0 Å². The smallest absolute Gasteiger partial charge is 0.266 e. The number of aromatic nitrogens is 1. The van der Waals surface area contributed by atoms with Gasteiger partial charge < -0.3 is 10.5 Å². The first-order chi connectivity index (χ1) is 15.7. The topological polar surface area (TPSA) is 80.8 Å². The lowest BCUT2D eigenvalue weighted by Gasteiger charge is -2.34. The van der Waals surface area contributed by atoms with Crippen LogP contribution in [-0.4, -0.2) is 34.4 Å². The molecule has 0 aliphatic carbocycles. The van der Waals surface area contributed by atoms with Crippen molar-refractivity contribution in [2.75, 3.05) is 7.05 Å². The van der Waals surface area contributed by atoms with Gasteiger partial charge in [-0.1, -0.05) is 18.2 Å². The van der Waals surface area contributed by atoms with E-state index in [0.717, 1.165) is 24.2 Å². The van der Waals surface area contributed by atoms with E-state index < -0.39 is 11.4 Å². The standard InChI is InChI=1S/C26H25FN4O2/c1-25(2)11-10-16-13-18(7-9-22(16)33-25)26(23(32)31(3)24(28)30-26)19-6-8-21(27)20(14-19)17-5-4-12-29-15-17/h4-9,12-15H,10-11H2,1-3H3,(H2,28,30). The average molecular weight is 445 g/mol. The van der Waals surface area contributed by atoms with Gasteiger partial charge in [-0.15, -0.1) is 0 Å². The maximum atomic E-state index is 14.8. The maximum Gasteiger partial charge on any atom is 0.266 e. The summed E-state index contributed by atoms with van der Waals surface area (Å²) in [5.74, 6) is 0.220. The van der Waals surface area contributed by atoms with E-state index in [-0.39, 0.29) is 17.5 Å². The number of hydrogen-bond donors (Lipinski definition) is 1. The third-order valence-electron chi connectivity index (χ3n) is 6.46. The highest BCUT2D eigenvalue weighted by atomic mass is 19.1. The third-order valence-corrected chi connectivity index (χ3v) is 6.46. The molecule has 1 atom stereocenters. The fourth-order valence-corrected chi connectivity index (χ4v) is 4.56. The van der Waals surface area contributed by atoms with Gasteiger partial charge in [-0.3, -0.25) is 14.7 Å². The minimum Gasteiger partial charge on any atom is -0.488 e. The fourth-order valence-electron chi connectivity index (χ4n) is 4.56. The van der Waals surface area contributed by atoms with Crippen molar-refractivity contribution in [2.24, 2.45) is 10.7 Å². The van der Waals surface area contributed by atoms with Gasteiger partial charge in [0, 0.05) is 30.6 Å². The van der Waals surface area contributed by atoms with Crippen LogP contribution >= 0.6 is 0 Å². The van der Waals surface area contributed by atoms with E-state index in [1.54, 1.807) is 43.7 Å².